The van der Waals surface area contributed by atoms with Crippen LogP contribution < -0.4 is 14.2 Å². The van der Waals surface area contributed by atoms with Gasteiger partial charge in [0.2, 0.25) is 17.4 Å². The Bertz CT molecular complexity index is 1430. The summed E-state index contributed by atoms with van der Waals surface area (Å²) in [5.41, 5.74) is 0.238. The van der Waals surface area contributed by atoms with Gasteiger partial charge in [-0.3, -0.25) is 0 Å². The zero-order valence-electron chi connectivity index (χ0n) is 21.9. The van der Waals surface area contributed by atoms with E-state index in [9.17, 15) is 13.2 Å². The third-order valence-corrected chi connectivity index (χ3v) is 5.64. The Hall–Kier alpha value is -4.59. The predicted molar refractivity (Wildman–Crippen MR) is 148 cm³/mol. The van der Waals surface area contributed by atoms with Crippen LogP contribution in [0.15, 0.2) is 98.1 Å². The van der Waals surface area contributed by atoms with Gasteiger partial charge in [-0.1, -0.05) is 74.4 Å². The Kier molecular flexibility index (Phi) is 9.72. The summed E-state index contributed by atoms with van der Waals surface area (Å²) in [6.45, 7) is 14.0. The van der Waals surface area contributed by atoms with Gasteiger partial charge in [0.25, 0.3) is 0 Å². The molecule has 3 aromatic rings. The van der Waals surface area contributed by atoms with Gasteiger partial charge >= 0.3 is 6.18 Å². The van der Waals surface area contributed by atoms with Crippen LogP contribution in [0, 0.1) is 11.6 Å². The summed E-state index contributed by atoms with van der Waals surface area (Å²) in [7, 11) is 0. The van der Waals surface area contributed by atoms with E-state index in [4.69, 9.17) is 14.2 Å². The van der Waals surface area contributed by atoms with E-state index in [2.05, 4.69) is 19.7 Å². The first-order valence-corrected chi connectivity index (χ1v) is 12.1. The average Bonchev–Trinajstić information content (AvgIpc) is 2.94. The van der Waals surface area contributed by atoms with E-state index >= 15 is 8.78 Å². The van der Waals surface area contributed by atoms with Crippen LogP contribution in [0.4, 0.5) is 22.0 Å². The molecular formula is C32H27F5O3. The second-order valence-corrected chi connectivity index (χ2v) is 8.41. The standard InChI is InChI=1S/C32H27F5O3/c1-6-21(7-2)11-10-20(5)38-29-26(32(35,36)37)30(39-24-16-12-22(8-3)13-17-24)28(34)31(27(29)33)40-25-18-14-23(9-4)15-19-25/h6-20H,1,3-4H2,2,5H3/b11-10-,21-7-/t20-/m0/s1. The van der Waals surface area contributed by atoms with E-state index in [0.29, 0.717) is 16.7 Å². The quantitative estimate of drug-likeness (QED) is 0.174. The topological polar surface area (TPSA) is 27.7 Å². The molecule has 8 heteroatoms. The molecule has 3 aromatic carbocycles. The molecule has 0 heterocycles. The van der Waals surface area contributed by atoms with Gasteiger partial charge in [-0.05, 0) is 60.9 Å². The summed E-state index contributed by atoms with van der Waals surface area (Å²) in [6.07, 6.45) is 2.90. The largest absolute Gasteiger partial charge is 0.483 e. The Balaban J connectivity index is 2.22. The van der Waals surface area contributed by atoms with Crippen molar-refractivity contribution in [3.63, 3.8) is 0 Å². The van der Waals surface area contributed by atoms with Gasteiger partial charge in [0.15, 0.2) is 11.5 Å². The molecule has 0 aliphatic carbocycles. The fraction of sp³-hybridized carbons (Fsp3) is 0.125. The SMILES string of the molecule is C=CC(/C=C\[C@H](C)Oc1c(F)c(Oc2ccc(C=C)cc2)c(F)c(Oc2ccc(C=C)cc2)c1C(F)(F)F)=C/C. The van der Waals surface area contributed by atoms with Crippen molar-refractivity contribution in [2.75, 3.05) is 0 Å². The molecule has 208 valence electrons. The summed E-state index contributed by atoms with van der Waals surface area (Å²) < 4.78 is 90.9. The van der Waals surface area contributed by atoms with Crippen molar-refractivity contribution >= 4 is 12.2 Å². The van der Waals surface area contributed by atoms with Crippen LogP contribution in [-0.2, 0) is 6.18 Å². The second-order valence-electron chi connectivity index (χ2n) is 8.41. The number of hydrogen-bond acceptors (Lipinski definition) is 3. The van der Waals surface area contributed by atoms with Crippen LogP contribution in [-0.4, -0.2) is 6.10 Å². The highest BCUT2D eigenvalue weighted by atomic mass is 19.4. The number of halogens is 5. The molecule has 0 N–H and O–H groups in total. The minimum atomic E-state index is -5.27. The summed E-state index contributed by atoms with van der Waals surface area (Å²) in [4.78, 5) is 0. The molecular weight excluding hydrogens is 527 g/mol. The van der Waals surface area contributed by atoms with Crippen LogP contribution in [0.3, 0.4) is 0 Å². The summed E-state index contributed by atoms with van der Waals surface area (Å²) in [5, 5.41) is 0. The number of allylic oxidation sites excluding steroid dienone is 4. The Labute approximate surface area is 229 Å². The van der Waals surface area contributed by atoms with E-state index < -0.39 is 46.7 Å². The molecule has 0 aliphatic rings. The number of benzene rings is 3. The maximum absolute atomic E-state index is 15.7. The minimum absolute atomic E-state index is 0.0351. The minimum Gasteiger partial charge on any atom is -0.483 e. The first-order chi connectivity index (χ1) is 19.0. The highest BCUT2D eigenvalue weighted by molar-refractivity contribution is 5.58. The molecule has 3 nitrogen and oxygen atoms in total. The fourth-order valence-electron chi connectivity index (χ4n) is 3.51. The molecule has 3 rings (SSSR count). The Morgan fingerprint density at radius 2 is 1.25 bits per heavy atom. The molecule has 0 aliphatic heterocycles. The Morgan fingerprint density at radius 1 is 0.775 bits per heavy atom. The van der Waals surface area contributed by atoms with Crippen LogP contribution in [0.2, 0.25) is 0 Å². The third kappa shape index (κ3) is 7.08. The zero-order valence-corrected chi connectivity index (χ0v) is 21.9. The highest BCUT2D eigenvalue weighted by Gasteiger charge is 2.44. The lowest BCUT2D eigenvalue weighted by atomic mass is 10.1. The van der Waals surface area contributed by atoms with E-state index in [0.717, 1.165) is 0 Å². The number of rotatable bonds is 11. The fourth-order valence-corrected chi connectivity index (χ4v) is 3.51. The lowest BCUT2D eigenvalue weighted by Gasteiger charge is -2.23. The third-order valence-electron chi connectivity index (χ3n) is 5.64. The van der Waals surface area contributed by atoms with Gasteiger partial charge < -0.3 is 14.2 Å². The van der Waals surface area contributed by atoms with Gasteiger partial charge in [0.05, 0.1) is 0 Å². The van der Waals surface area contributed by atoms with Crippen molar-refractivity contribution in [1.29, 1.82) is 0 Å². The molecule has 0 unspecified atom stereocenters. The number of hydrogen-bond donors (Lipinski definition) is 0. The first kappa shape index (κ1) is 30.0. The van der Waals surface area contributed by atoms with Crippen LogP contribution in [0.1, 0.15) is 30.5 Å². The smallest absolute Gasteiger partial charge is 0.423 e. The number of alkyl halides is 3. The summed E-state index contributed by atoms with van der Waals surface area (Å²) in [6, 6.07) is 11.6. The van der Waals surface area contributed by atoms with Crippen molar-refractivity contribution in [2.45, 2.75) is 26.1 Å². The molecule has 0 radical (unpaired) electrons. The maximum atomic E-state index is 15.7. The van der Waals surface area contributed by atoms with Crippen molar-refractivity contribution in [3.8, 4) is 28.7 Å². The molecule has 0 aromatic heterocycles. The van der Waals surface area contributed by atoms with Crippen molar-refractivity contribution in [3.05, 3.63) is 126 Å². The van der Waals surface area contributed by atoms with Crippen molar-refractivity contribution in [2.24, 2.45) is 0 Å². The maximum Gasteiger partial charge on any atom is 0.423 e. The van der Waals surface area contributed by atoms with Crippen LogP contribution in [0.5, 0.6) is 28.7 Å². The van der Waals surface area contributed by atoms with Crippen molar-refractivity contribution < 1.29 is 36.2 Å². The lowest BCUT2D eigenvalue weighted by molar-refractivity contribution is -0.140. The molecule has 0 fully saturated rings. The van der Waals surface area contributed by atoms with Crippen molar-refractivity contribution in [1.82, 2.24) is 0 Å². The first-order valence-electron chi connectivity index (χ1n) is 12.1. The molecule has 0 bridgehead atoms. The van der Waals surface area contributed by atoms with E-state index in [1.807, 2.05) is 0 Å². The highest BCUT2D eigenvalue weighted by Crippen LogP contribution is 2.51. The van der Waals surface area contributed by atoms with Gasteiger partial charge in [-0.25, -0.2) is 0 Å². The number of ether oxygens (including phenoxy) is 3. The summed E-state index contributed by atoms with van der Waals surface area (Å²) in [5.74, 6) is -7.24. The lowest BCUT2D eigenvalue weighted by Crippen LogP contribution is -2.18. The van der Waals surface area contributed by atoms with Crippen LogP contribution >= 0.6 is 0 Å². The molecule has 0 amide bonds. The van der Waals surface area contributed by atoms with E-state index in [1.165, 1.54) is 61.5 Å². The predicted octanol–water partition coefficient (Wildman–Crippen LogP) is 10.3. The van der Waals surface area contributed by atoms with Gasteiger partial charge in [0, 0.05) is 0 Å². The molecule has 1 atom stereocenters. The summed E-state index contributed by atoms with van der Waals surface area (Å²) >= 11 is 0. The molecule has 0 spiro atoms. The second kappa shape index (κ2) is 13.0. The van der Waals surface area contributed by atoms with Gasteiger partial charge in [0.1, 0.15) is 23.2 Å². The van der Waals surface area contributed by atoms with Crippen LogP contribution in [0.25, 0.3) is 12.2 Å². The normalized spacial score (nSPS) is 12.6. The monoisotopic (exact) mass is 554 g/mol. The Morgan fingerprint density at radius 3 is 1.68 bits per heavy atom. The molecule has 0 saturated heterocycles. The zero-order chi connectivity index (χ0) is 29.4. The average molecular weight is 555 g/mol. The molecule has 40 heavy (non-hydrogen) atoms. The van der Waals surface area contributed by atoms with E-state index in [1.54, 1.807) is 37.3 Å². The van der Waals surface area contributed by atoms with E-state index in [-0.39, 0.29) is 11.5 Å². The van der Waals surface area contributed by atoms with Gasteiger partial charge in [-0.15, -0.1) is 0 Å². The molecule has 0 saturated carbocycles. The van der Waals surface area contributed by atoms with Gasteiger partial charge in [-0.2, -0.15) is 22.0 Å².